The van der Waals surface area contributed by atoms with Gasteiger partial charge in [-0.1, -0.05) is 6.07 Å². The van der Waals surface area contributed by atoms with Crippen molar-refractivity contribution in [2.45, 2.75) is 37.6 Å². The van der Waals surface area contributed by atoms with Crippen LogP contribution in [-0.2, 0) is 0 Å². The van der Waals surface area contributed by atoms with E-state index in [0.29, 0.717) is 18.4 Å². The zero-order valence-corrected chi connectivity index (χ0v) is 9.80. The van der Waals surface area contributed by atoms with E-state index in [9.17, 15) is 17.6 Å². The molecule has 1 atom stereocenters. The highest BCUT2D eigenvalue weighted by atomic mass is 19.3. The second kappa shape index (κ2) is 4.88. The fourth-order valence-corrected chi connectivity index (χ4v) is 2.41. The molecule has 2 rings (SSSR count). The maximum Gasteiger partial charge on any atom is 0.248 e. The third kappa shape index (κ3) is 2.83. The zero-order chi connectivity index (χ0) is 13.3. The molecule has 1 unspecified atom stereocenters. The maximum absolute atomic E-state index is 13.1. The van der Waals surface area contributed by atoms with Crippen molar-refractivity contribution in [2.24, 2.45) is 11.7 Å². The van der Waals surface area contributed by atoms with Crippen molar-refractivity contribution in [3.63, 3.8) is 0 Å². The molecule has 100 valence electrons. The summed E-state index contributed by atoms with van der Waals surface area (Å²) in [4.78, 5) is 0. The molecule has 0 amide bonds. The largest absolute Gasteiger partial charge is 0.324 e. The molecule has 0 spiro atoms. The van der Waals surface area contributed by atoms with Crippen LogP contribution in [0.2, 0.25) is 0 Å². The van der Waals surface area contributed by atoms with Gasteiger partial charge >= 0.3 is 0 Å². The number of nitrogens with two attached hydrogens (primary N) is 1. The molecular weight excluding hydrogens is 246 g/mol. The lowest BCUT2D eigenvalue weighted by molar-refractivity contribution is -0.0483. The minimum absolute atomic E-state index is 0.102. The molecule has 1 fully saturated rings. The van der Waals surface area contributed by atoms with Crippen LogP contribution in [0, 0.1) is 17.6 Å². The van der Waals surface area contributed by atoms with E-state index in [4.69, 9.17) is 5.73 Å². The Morgan fingerprint density at radius 1 is 1.11 bits per heavy atom. The topological polar surface area (TPSA) is 26.0 Å². The Kier molecular flexibility index (Phi) is 3.61. The first-order chi connectivity index (χ1) is 8.39. The molecule has 1 aromatic rings. The molecule has 1 aromatic carbocycles. The molecule has 2 N–H and O–H groups in total. The molecular formula is C13H15F4N. The Morgan fingerprint density at radius 2 is 1.72 bits per heavy atom. The fraction of sp³-hybridized carbons (Fsp3) is 0.538. The molecule has 0 saturated heterocycles. The third-order valence-electron chi connectivity index (χ3n) is 3.60. The summed E-state index contributed by atoms with van der Waals surface area (Å²) in [6.45, 7) is 0. The van der Waals surface area contributed by atoms with Crippen molar-refractivity contribution >= 4 is 0 Å². The molecule has 0 aliphatic heterocycles. The number of halogens is 4. The lowest BCUT2D eigenvalue weighted by Gasteiger charge is -2.32. The van der Waals surface area contributed by atoms with Crippen molar-refractivity contribution in [3.05, 3.63) is 35.4 Å². The summed E-state index contributed by atoms with van der Waals surface area (Å²) in [5.41, 5.74) is 6.41. The molecule has 0 radical (unpaired) electrons. The molecule has 1 aliphatic carbocycles. The number of hydrogen-bond acceptors (Lipinski definition) is 1. The van der Waals surface area contributed by atoms with Gasteiger partial charge in [0.25, 0.3) is 0 Å². The predicted molar refractivity (Wildman–Crippen MR) is 60.2 cm³/mol. The summed E-state index contributed by atoms with van der Waals surface area (Å²) in [6, 6.07) is 2.96. The molecule has 0 aromatic heterocycles. The van der Waals surface area contributed by atoms with Crippen LogP contribution in [0.1, 0.15) is 37.3 Å². The molecule has 18 heavy (non-hydrogen) atoms. The monoisotopic (exact) mass is 261 g/mol. The van der Waals surface area contributed by atoms with Crippen LogP contribution in [0.3, 0.4) is 0 Å². The van der Waals surface area contributed by atoms with Gasteiger partial charge in [-0.25, -0.2) is 17.6 Å². The fourth-order valence-electron chi connectivity index (χ4n) is 2.41. The second-order valence-electron chi connectivity index (χ2n) is 4.89. The number of rotatable bonds is 2. The molecule has 5 heteroatoms. The lowest BCUT2D eigenvalue weighted by atomic mass is 9.80. The Labute approximate surface area is 103 Å². The van der Waals surface area contributed by atoms with Crippen LogP contribution in [0.5, 0.6) is 0 Å². The van der Waals surface area contributed by atoms with Gasteiger partial charge in [-0.2, -0.15) is 0 Å². The van der Waals surface area contributed by atoms with E-state index in [1.165, 1.54) is 6.07 Å². The van der Waals surface area contributed by atoms with Gasteiger partial charge in [0, 0.05) is 18.9 Å². The second-order valence-corrected chi connectivity index (χ2v) is 4.89. The Balaban J connectivity index is 2.07. The predicted octanol–water partition coefficient (Wildman–Crippen LogP) is 3.79. The first kappa shape index (κ1) is 13.3. The summed E-state index contributed by atoms with van der Waals surface area (Å²) in [7, 11) is 0. The average Bonchev–Trinajstić information content (AvgIpc) is 2.32. The molecule has 1 aliphatic rings. The smallest absolute Gasteiger partial charge is 0.248 e. The summed E-state index contributed by atoms with van der Waals surface area (Å²) in [6.07, 6.45) is 0.254. The minimum atomic E-state index is -2.61. The van der Waals surface area contributed by atoms with Gasteiger partial charge in [0.2, 0.25) is 5.92 Å². The minimum Gasteiger partial charge on any atom is -0.324 e. The Bertz CT molecular complexity index is 423. The Hall–Kier alpha value is -1.10. The number of hydrogen-bond donors (Lipinski definition) is 1. The van der Waals surface area contributed by atoms with E-state index in [1.54, 1.807) is 0 Å². The first-order valence-corrected chi connectivity index (χ1v) is 5.97. The van der Waals surface area contributed by atoms with Gasteiger partial charge in [-0.3, -0.25) is 0 Å². The molecule has 0 bridgehead atoms. The van der Waals surface area contributed by atoms with Crippen molar-refractivity contribution in [3.8, 4) is 0 Å². The standard InChI is InChI=1S/C13H15F4N/c14-10-2-1-9(7-11(10)15)12(18)8-3-5-13(16,17)6-4-8/h1-2,7-8,12H,3-6,18H2. The SMILES string of the molecule is NC(c1ccc(F)c(F)c1)C1CCC(F)(F)CC1. The maximum atomic E-state index is 13.1. The van der Waals surface area contributed by atoms with Gasteiger partial charge in [0.05, 0.1) is 0 Å². The van der Waals surface area contributed by atoms with E-state index in [1.807, 2.05) is 0 Å². The van der Waals surface area contributed by atoms with E-state index in [0.717, 1.165) is 12.1 Å². The molecule has 0 heterocycles. The highest BCUT2D eigenvalue weighted by molar-refractivity contribution is 5.21. The van der Waals surface area contributed by atoms with Crippen molar-refractivity contribution in [1.82, 2.24) is 0 Å². The molecule has 1 nitrogen and oxygen atoms in total. The van der Waals surface area contributed by atoms with Crippen LogP contribution >= 0.6 is 0 Å². The zero-order valence-electron chi connectivity index (χ0n) is 9.80. The summed E-state index contributed by atoms with van der Waals surface area (Å²) < 4.78 is 51.9. The summed E-state index contributed by atoms with van der Waals surface area (Å²) >= 11 is 0. The van der Waals surface area contributed by atoms with Crippen molar-refractivity contribution in [1.29, 1.82) is 0 Å². The highest BCUT2D eigenvalue weighted by Crippen LogP contribution is 2.40. The number of benzene rings is 1. The van der Waals surface area contributed by atoms with Crippen LogP contribution in [0.4, 0.5) is 17.6 Å². The van der Waals surface area contributed by atoms with Crippen LogP contribution < -0.4 is 5.73 Å². The lowest BCUT2D eigenvalue weighted by Crippen LogP contribution is -2.31. The third-order valence-corrected chi connectivity index (χ3v) is 3.60. The summed E-state index contributed by atoms with van der Waals surface area (Å²) in [5.74, 6) is -4.59. The molecule has 1 saturated carbocycles. The van der Waals surface area contributed by atoms with Gasteiger partial charge in [0.1, 0.15) is 0 Å². The van der Waals surface area contributed by atoms with E-state index in [2.05, 4.69) is 0 Å². The Morgan fingerprint density at radius 3 is 2.28 bits per heavy atom. The summed E-state index contributed by atoms with van der Waals surface area (Å²) in [5, 5.41) is 0. The van der Waals surface area contributed by atoms with E-state index >= 15 is 0 Å². The van der Waals surface area contributed by atoms with E-state index in [-0.39, 0.29) is 18.8 Å². The van der Waals surface area contributed by atoms with Crippen LogP contribution in [0.15, 0.2) is 18.2 Å². The van der Waals surface area contributed by atoms with Crippen molar-refractivity contribution in [2.75, 3.05) is 0 Å². The number of alkyl halides is 2. The van der Waals surface area contributed by atoms with Gasteiger partial charge in [-0.05, 0) is 36.5 Å². The highest BCUT2D eigenvalue weighted by Gasteiger charge is 2.37. The average molecular weight is 261 g/mol. The van der Waals surface area contributed by atoms with Crippen LogP contribution in [0.25, 0.3) is 0 Å². The first-order valence-electron chi connectivity index (χ1n) is 5.97. The quantitative estimate of drug-likeness (QED) is 0.805. The van der Waals surface area contributed by atoms with Crippen molar-refractivity contribution < 1.29 is 17.6 Å². The van der Waals surface area contributed by atoms with Gasteiger partial charge < -0.3 is 5.73 Å². The normalized spacial score (nSPS) is 21.8. The van der Waals surface area contributed by atoms with Gasteiger partial charge in [-0.15, -0.1) is 0 Å². The van der Waals surface area contributed by atoms with Crippen LogP contribution in [-0.4, -0.2) is 5.92 Å². The van der Waals surface area contributed by atoms with Gasteiger partial charge in [0.15, 0.2) is 11.6 Å². The van der Waals surface area contributed by atoms with E-state index < -0.39 is 23.6 Å².